The first-order valence-corrected chi connectivity index (χ1v) is 6.54. The van der Waals surface area contributed by atoms with E-state index in [2.05, 4.69) is 5.32 Å². The highest BCUT2D eigenvalue weighted by atomic mass is 19.1. The predicted octanol–water partition coefficient (Wildman–Crippen LogP) is 2.41. The van der Waals surface area contributed by atoms with Crippen LogP contribution in [-0.2, 0) is 0 Å². The molecule has 1 aliphatic heterocycles. The van der Waals surface area contributed by atoms with Gasteiger partial charge in [-0.2, -0.15) is 5.26 Å². The lowest BCUT2D eigenvalue weighted by Gasteiger charge is -2.36. The molecule has 0 radical (unpaired) electrons. The molecule has 0 amide bonds. The van der Waals surface area contributed by atoms with Gasteiger partial charge in [0.1, 0.15) is 5.69 Å². The SMILES string of the molecule is CCN(c1c(F)cc(C#N)cc1F)C1CCCNC1. The molecule has 1 N–H and O–H groups in total. The van der Waals surface area contributed by atoms with E-state index in [1.54, 1.807) is 11.0 Å². The molecule has 0 spiro atoms. The van der Waals surface area contributed by atoms with Gasteiger partial charge in [-0.25, -0.2) is 8.78 Å². The van der Waals surface area contributed by atoms with Crippen molar-refractivity contribution >= 4 is 5.69 Å². The molecule has 0 aromatic heterocycles. The second-order valence-electron chi connectivity index (χ2n) is 4.69. The molecule has 1 unspecified atom stereocenters. The van der Waals surface area contributed by atoms with Crippen LogP contribution in [0.2, 0.25) is 0 Å². The first-order chi connectivity index (χ1) is 9.17. The smallest absolute Gasteiger partial charge is 0.150 e. The summed E-state index contributed by atoms with van der Waals surface area (Å²) in [5.41, 5.74) is -0.00762. The Kier molecular flexibility index (Phi) is 4.33. The van der Waals surface area contributed by atoms with Crippen LogP contribution in [0.4, 0.5) is 14.5 Å². The van der Waals surface area contributed by atoms with Crippen molar-refractivity contribution in [3.63, 3.8) is 0 Å². The quantitative estimate of drug-likeness (QED) is 0.912. The van der Waals surface area contributed by atoms with Crippen LogP contribution in [0.1, 0.15) is 25.3 Å². The Morgan fingerprint density at radius 3 is 2.58 bits per heavy atom. The Bertz CT molecular complexity index is 467. The fourth-order valence-electron chi connectivity index (χ4n) is 2.60. The molecule has 1 aliphatic rings. The second kappa shape index (κ2) is 5.98. The van der Waals surface area contributed by atoms with E-state index >= 15 is 0 Å². The summed E-state index contributed by atoms with van der Waals surface area (Å²) in [5, 5.41) is 12.0. The standard InChI is InChI=1S/C14H17F2N3/c1-2-19(11-4-3-5-18-9-11)14-12(15)6-10(8-17)7-13(14)16/h6-7,11,18H,2-5,9H2,1H3. The first kappa shape index (κ1) is 13.8. The zero-order valence-corrected chi connectivity index (χ0v) is 10.9. The molecule has 1 atom stereocenters. The van der Waals surface area contributed by atoms with Crippen LogP contribution in [0.3, 0.4) is 0 Å². The molecule has 5 heteroatoms. The number of hydrogen-bond acceptors (Lipinski definition) is 3. The molecule has 19 heavy (non-hydrogen) atoms. The zero-order valence-electron chi connectivity index (χ0n) is 10.9. The van der Waals surface area contributed by atoms with Gasteiger partial charge >= 0.3 is 0 Å². The van der Waals surface area contributed by atoms with Crippen molar-refractivity contribution in [2.45, 2.75) is 25.8 Å². The molecule has 1 aromatic rings. The van der Waals surface area contributed by atoms with E-state index in [1.807, 2.05) is 6.92 Å². The fraction of sp³-hybridized carbons (Fsp3) is 0.500. The van der Waals surface area contributed by atoms with Crippen molar-refractivity contribution in [2.24, 2.45) is 0 Å². The van der Waals surface area contributed by atoms with Gasteiger partial charge in [-0.05, 0) is 38.4 Å². The summed E-state index contributed by atoms with van der Waals surface area (Å²) >= 11 is 0. The van der Waals surface area contributed by atoms with Gasteiger partial charge in [0.2, 0.25) is 0 Å². The van der Waals surface area contributed by atoms with Gasteiger partial charge in [0, 0.05) is 19.1 Å². The minimum atomic E-state index is -0.663. The number of piperidine rings is 1. The number of rotatable bonds is 3. The zero-order chi connectivity index (χ0) is 13.8. The van der Waals surface area contributed by atoms with E-state index in [0.29, 0.717) is 6.54 Å². The monoisotopic (exact) mass is 265 g/mol. The van der Waals surface area contributed by atoms with Crippen molar-refractivity contribution in [2.75, 3.05) is 24.5 Å². The van der Waals surface area contributed by atoms with Gasteiger partial charge in [0.15, 0.2) is 11.6 Å². The van der Waals surface area contributed by atoms with E-state index in [-0.39, 0.29) is 17.3 Å². The summed E-state index contributed by atoms with van der Waals surface area (Å²) in [6.07, 6.45) is 1.92. The van der Waals surface area contributed by atoms with E-state index in [9.17, 15) is 8.78 Å². The van der Waals surface area contributed by atoms with E-state index in [0.717, 1.165) is 38.1 Å². The predicted molar refractivity (Wildman–Crippen MR) is 70.0 cm³/mol. The third-order valence-electron chi connectivity index (χ3n) is 3.49. The number of nitrogens with one attached hydrogen (secondary N) is 1. The fourth-order valence-corrected chi connectivity index (χ4v) is 2.60. The molecule has 0 aliphatic carbocycles. The summed E-state index contributed by atoms with van der Waals surface area (Å²) in [6, 6.07) is 4.04. The number of nitriles is 1. The van der Waals surface area contributed by atoms with Crippen LogP contribution >= 0.6 is 0 Å². The number of nitrogens with zero attached hydrogens (tertiary/aromatic N) is 2. The summed E-state index contributed by atoms with van der Waals surface area (Å²) in [5.74, 6) is -1.33. The minimum absolute atomic E-state index is 0.0107. The Hall–Kier alpha value is -1.67. The maximum Gasteiger partial charge on any atom is 0.150 e. The number of hydrogen-bond donors (Lipinski definition) is 1. The van der Waals surface area contributed by atoms with Crippen LogP contribution < -0.4 is 10.2 Å². The van der Waals surface area contributed by atoms with Gasteiger partial charge in [-0.3, -0.25) is 0 Å². The van der Waals surface area contributed by atoms with E-state index in [4.69, 9.17) is 5.26 Å². The lowest BCUT2D eigenvalue weighted by Crippen LogP contribution is -2.46. The average Bonchev–Trinajstić information content (AvgIpc) is 2.43. The van der Waals surface area contributed by atoms with Crippen molar-refractivity contribution in [1.82, 2.24) is 5.32 Å². The third-order valence-corrected chi connectivity index (χ3v) is 3.49. The maximum absolute atomic E-state index is 14.0. The molecule has 0 saturated carbocycles. The molecule has 1 fully saturated rings. The second-order valence-corrected chi connectivity index (χ2v) is 4.69. The minimum Gasteiger partial charge on any atom is -0.363 e. The van der Waals surface area contributed by atoms with Gasteiger partial charge in [0.25, 0.3) is 0 Å². The highest BCUT2D eigenvalue weighted by Gasteiger charge is 2.25. The van der Waals surface area contributed by atoms with Gasteiger partial charge in [-0.1, -0.05) is 0 Å². The molecule has 1 heterocycles. The van der Waals surface area contributed by atoms with E-state index < -0.39 is 11.6 Å². The Labute approximate surface area is 111 Å². The Balaban J connectivity index is 2.35. The Morgan fingerprint density at radius 2 is 2.11 bits per heavy atom. The van der Waals surface area contributed by atoms with Crippen molar-refractivity contribution < 1.29 is 8.78 Å². The molecule has 1 aromatic carbocycles. The van der Waals surface area contributed by atoms with Gasteiger partial charge in [-0.15, -0.1) is 0 Å². The topological polar surface area (TPSA) is 39.1 Å². The number of benzene rings is 1. The summed E-state index contributed by atoms with van der Waals surface area (Å²) in [6.45, 7) is 4.09. The molecule has 0 bridgehead atoms. The van der Waals surface area contributed by atoms with E-state index in [1.165, 1.54) is 0 Å². The third kappa shape index (κ3) is 2.85. The summed E-state index contributed by atoms with van der Waals surface area (Å²) < 4.78 is 28.1. The number of likely N-dealkylation sites (N-methyl/N-ethyl adjacent to an activating group) is 1. The summed E-state index contributed by atoms with van der Waals surface area (Å²) in [7, 11) is 0. The highest BCUT2D eigenvalue weighted by Crippen LogP contribution is 2.28. The number of anilines is 1. The van der Waals surface area contributed by atoms with Crippen LogP contribution in [0, 0.1) is 23.0 Å². The largest absolute Gasteiger partial charge is 0.363 e. The van der Waals surface area contributed by atoms with Gasteiger partial charge in [0.05, 0.1) is 11.6 Å². The molecule has 3 nitrogen and oxygen atoms in total. The number of halogens is 2. The molecule has 2 rings (SSSR count). The lowest BCUT2D eigenvalue weighted by atomic mass is 10.0. The average molecular weight is 265 g/mol. The Morgan fingerprint density at radius 1 is 1.42 bits per heavy atom. The molecular formula is C14H17F2N3. The van der Waals surface area contributed by atoms with Crippen LogP contribution in [0.25, 0.3) is 0 Å². The molecular weight excluding hydrogens is 248 g/mol. The van der Waals surface area contributed by atoms with Crippen molar-refractivity contribution in [1.29, 1.82) is 5.26 Å². The van der Waals surface area contributed by atoms with Gasteiger partial charge < -0.3 is 10.2 Å². The van der Waals surface area contributed by atoms with Crippen LogP contribution in [0.5, 0.6) is 0 Å². The van der Waals surface area contributed by atoms with Crippen LogP contribution in [0.15, 0.2) is 12.1 Å². The maximum atomic E-state index is 14.0. The lowest BCUT2D eigenvalue weighted by molar-refractivity contribution is 0.426. The van der Waals surface area contributed by atoms with Crippen molar-refractivity contribution in [3.05, 3.63) is 29.3 Å². The molecule has 1 saturated heterocycles. The normalized spacial score (nSPS) is 18.9. The van der Waals surface area contributed by atoms with Crippen molar-refractivity contribution in [3.8, 4) is 6.07 Å². The molecule has 102 valence electrons. The first-order valence-electron chi connectivity index (χ1n) is 6.54. The van der Waals surface area contributed by atoms with Crippen LogP contribution in [-0.4, -0.2) is 25.7 Å². The summed E-state index contributed by atoms with van der Waals surface area (Å²) in [4.78, 5) is 1.75. The highest BCUT2D eigenvalue weighted by molar-refractivity contribution is 5.53.